The van der Waals surface area contributed by atoms with Crippen molar-refractivity contribution in [1.29, 1.82) is 0 Å². The standard InChI is InChI=1S/C8H12O3/c1-4-3-6-10-7(4)5(2)8(9)11-6/h4-7H,3H2,1-2H3/t4-,5-,6-,7-/m1/s1. The van der Waals surface area contributed by atoms with Gasteiger partial charge in [-0.1, -0.05) is 6.92 Å². The Hall–Kier alpha value is -0.570. The summed E-state index contributed by atoms with van der Waals surface area (Å²) in [4.78, 5) is 11.1. The Kier molecular flexibility index (Phi) is 1.42. The minimum absolute atomic E-state index is 0.0799. The fourth-order valence-electron chi connectivity index (χ4n) is 1.86. The maximum atomic E-state index is 11.1. The van der Waals surface area contributed by atoms with E-state index in [1.54, 1.807) is 0 Å². The highest BCUT2D eigenvalue weighted by Crippen LogP contribution is 2.36. The molecule has 0 N–H and O–H groups in total. The molecular formula is C8H12O3. The number of fused-ring (bicyclic) bond motifs is 2. The van der Waals surface area contributed by atoms with Gasteiger partial charge < -0.3 is 9.47 Å². The molecule has 3 nitrogen and oxygen atoms in total. The largest absolute Gasteiger partial charge is 0.435 e. The van der Waals surface area contributed by atoms with Gasteiger partial charge in [-0.15, -0.1) is 0 Å². The lowest BCUT2D eigenvalue weighted by Crippen LogP contribution is -2.37. The summed E-state index contributed by atoms with van der Waals surface area (Å²) < 4.78 is 10.4. The second kappa shape index (κ2) is 2.21. The lowest BCUT2D eigenvalue weighted by Gasteiger charge is -2.26. The van der Waals surface area contributed by atoms with E-state index < -0.39 is 0 Å². The lowest BCUT2D eigenvalue weighted by molar-refractivity contribution is -0.207. The van der Waals surface area contributed by atoms with Crippen LogP contribution in [0.2, 0.25) is 0 Å². The first-order chi connectivity index (χ1) is 5.18. The summed E-state index contributed by atoms with van der Waals surface area (Å²) >= 11 is 0. The molecule has 0 aromatic rings. The molecule has 3 heteroatoms. The number of ether oxygens (including phenoxy) is 2. The van der Waals surface area contributed by atoms with Crippen LogP contribution in [-0.2, 0) is 14.3 Å². The van der Waals surface area contributed by atoms with E-state index in [9.17, 15) is 4.79 Å². The molecule has 2 fully saturated rings. The maximum absolute atomic E-state index is 11.1. The van der Waals surface area contributed by atoms with E-state index in [0.29, 0.717) is 5.92 Å². The minimum atomic E-state index is -0.251. The Morgan fingerprint density at radius 1 is 1.45 bits per heavy atom. The number of esters is 1. The first kappa shape index (κ1) is 7.10. The molecule has 0 aromatic heterocycles. The quantitative estimate of drug-likeness (QED) is 0.489. The molecule has 0 amide bonds. The van der Waals surface area contributed by atoms with Crippen molar-refractivity contribution in [3.05, 3.63) is 0 Å². The first-order valence-electron chi connectivity index (χ1n) is 4.04. The van der Waals surface area contributed by atoms with E-state index in [-0.39, 0.29) is 24.3 Å². The van der Waals surface area contributed by atoms with Crippen LogP contribution in [0.15, 0.2) is 0 Å². The third-order valence-electron chi connectivity index (χ3n) is 2.55. The highest BCUT2D eigenvalue weighted by Gasteiger charge is 2.45. The molecule has 62 valence electrons. The van der Waals surface area contributed by atoms with Gasteiger partial charge in [0, 0.05) is 6.42 Å². The van der Waals surface area contributed by atoms with Crippen molar-refractivity contribution in [1.82, 2.24) is 0 Å². The van der Waals surface area contributed by atoms with Gasteiger partial charge in [-0.05, 0) is 12.8 Å². The lowest BCUT2D eigenvalue weighted by atomic mass is 9.94. The molecular weight excluding hydrogens is 144 g/mol. The van der Waals surface area contributed by atoms with Crippen LogP contribution >= 0.6 is 0 Å². The second-order valence-corrected chi connectivity index (χ2v) is 3.47. The Morgan fingerprint density at radius 3 is 2.91 bits per heavy atom. The van der Waals surface area contributed by atoms with Crippen molar-refractivity contribution in [3.8, 4) is 0 Å². The van der Waals surface area contributed by atoms with Crippen molar-refractivity contribution < 1.29 is 14.3 Å². The molecule has 11 heavy (non-hydrogen) atoms. The van der Waals surface area contributed by atoms with Gasteiger partial charge in [-0.25, -0.2) is 0 Å². The summed E-state index contributed by atoms with van der Waals surface area (Å²) in [6, 6.07) is 0. The molecule has 0 aromatic carbocycles. The zero-order valence-corrected chi connectivity index (χ0v) is 6.74. The average Bonchev–Trinajstić information content (AvgIpc) is 2.24. The molecule has 0 spiro atoms. The molecule has 0 radical (unpaired) electrons. The molecule has 2 bridgehead atoms. The average molecular weight is 156 g/mol. The number of rotatable bonds is 0. The number of hydrogen-bond acceptors (Lipinski definition) is 3. The summed E-state index contributed by atoms with van der Waals surface area (Å²) in [6.07, 6.45) is 0.709. The Labute approximate surface area is 65.7 Å². The van der Waals surface area contributed by atoms with E-state index in [1.807, 2.05) is 6.92 Å². The van der Waals surface area contributed by atoms with Gasteiger partial charge in [-0.3, -0.25) is 4.79 Å². The van der Waals surface area contributed by atoms with E-state index in [0.717, 1.165) is 6.42 Å². The number of carbonyl (C=O) groups excluding carboxylic acids is 1. The Morgan fingerprint density at radius 2 is 2.18 bits per heavy atom. The van der Waals surface area contributed by atoms with E-state index >= 15 is 0 Å². The molecule has 2 aliphatic rings. The smallest absolute Gasteiger partial charge is 0.313 e. The predicted molar refractivity (Wildman–Crippen MR) is 37.7 cm³/mol. The van der Waals surface area contributed by atoms with Crippen molar-refractivity contribution >= 4 is 5.97 Å². The van der Waals surface area contributed by atoms with Crippen LogP contribution in [-0.4, -0.2) is 18.4 Å². The number of carbonyl (C=O) groups is 1. The Balaban J connectivity index is 2.20. The monoisotopic (exact) mass is 156 g/mol. The summed E-state index contributed by atoms with van der Waals surface area (Å²) in [5.74, 6) is 0.279. The minimum Gasteiger partial charge on any atom is -0.435 e. The third-order valence-corrected chi connectivity index (χ3v) is 2.55. The van der Waals surface area contributed by atoms with Crippen molar-refractivity contribution in [3.63, 3.8) is 0 Å². The third kappa shape index (κ3) is 0.948. The summed E-state index contributed by atoms with van der Waals surface area (Å²) in [5.41, 5.74) is 0. The van der Waals surface area contributed by atoms with Gasteiger partial charge in [0.15, 0.2) is 0 Å². The summed E-state index contributed by atoms with van der Waals surface area (Å²) in [6.45, 7) is 3.97. The van der Waals surface area contributed by atoms with E-state index in [4.69, 9.17) is 9.47 Å². The van der Waals surface area contributed by atoms with Crippen molar-refractivity contribution in [2.75, 3.05) is 0 Å². The summed E-state index contributed by atoms with van der Waals surface area (Å²) in [7, 11) is 0. The van der Waals surface area contributed by atoms with Crippen molar-refractivity contribution in [2.45, 2.75) is 32.7 Å². The molecule has 0 unspecified atom stereocenters. The van der Waals surface area contributed by atoms with Gasteiger partial charge in [0.05, 0.1) is 12.0 Å². The first-order valence-corrected chi connectivity index (χ1v) is 4.04. The fraction of sp³-hybridized carbons (Fsp3) is 0.875. The zero-order chi connectivity index (χ0) is 8.01. The van der Waals surface area contributed by atoms with Gasteiger partial charge >= 0.3 is 5.97 Å². The van der Waals surface area contributed by atoms with Crippen LogP contribution in [0.1, 0.15) is 20.3 Å². The van der Waals surface area contributed by atoms with Crippen LogP contribution < -0.4 is 0 Å². The second-order valence-electron chi connectivity index (χ2n) is 3.47. The van der Waals surface area contributed by atoms with Gasteiger partial charge in [0.1, 0.15) is 0 Å². The van der Waals surface area contributed by atoms with E-state index in [2.05, 4.69) is 6.92 Å². The predicted octanol–water partition coefficient (Wildman–Crippen LogP) is 0.930. The van der Waals surface area contributed by atoms with Gasteiger partial charge in [0.2, 0.25) is 6.29 Å². The van der Waals surface area contributed by atoms with Crippen LogP contribution in [0, 0.1) is 11.8 Å². The SMILES string of the molecule is C[C@@H]1C[C@H]2OC(=O)[C@H](C)[C@@H]1O2. The van der Waals surface area contributed by atoms with Crippen LogP contribution in [0.5, 0.6) is 0 Å². The van der Waals surface area contributed by atoms with Crippen LogP contribution in [0.25, 0.3) is 0 Å². The molecule has 4 atom stereocenters. The fourth-order valence-corrected chi connectivity index (χ4v) is 1.86. The van der Waals surface area contributed by atoms with E-state index in [1.165, 1.54) is 0 Å². The normalized spacial score (nSPS) is 49.1. The molecule has 2 aliphatic heterocycles. The molecule has 2 heterocycles. The Bertz CT molecular complexity index is 190. The molecule has 0 aliphatic carbocycles. The summed E-state index contributed by atoms with van der Waals surface area (Å²) in [5, 5.41) is 0. The highest BCUT2D eigenvalue weighted by molar-refractivity contribution is 5.73. The highest BCUT2D eigenvalue weighted by atomic mass is 16.7. The van der Waals surface area contributed by atoms with Crippen LogP contribution in [0.4, 0.5) is 0 Å². The van der Waals surface area contributed by atoms with Gasteiger partial charge in [0.25, 0.3) is 0 Å². The molecule has 0 saturated carbocycles. The zero-order valence-electron chi connectivity index (χ0n) is 6.74. The maximum Gasteiger partial charge on any atom is 0.313 e. The van der Waals surface area contributed by atoms with Gasteiger partial charge in [-0.2, -0.15) is 0 Å². The molecule has 2 rings (SSSR count). The number of hydrogen-bond donors (Lipinski definition) is 0. The van der Waals surface area contributed by atoms with Crippen LogP contribution in [0.3, 0.4) is 0 Å². The molecule has 2 saturated heterocycles. The topological polar surface area (TPSA) is 35.5 Å². The van der Waals surface area contributed by atoms with Crippen molar-refractivity contribution in [2.24, 2.45) is 11.8 Å².